The molecule has 2 saturated heterocycles. The first-order chi connectivity index (χ1) is 7.66. The van der Waals surface area contributed by atoms with Gasteiger partial charge in [-0.1, -0.05) is 13.8 Å². The fourth-order valence-electron chi connectivity index (χ4n) is 2.83. The third kappa shape index (κ3) is 2.76. The van der Waals surface area contributed by atoms with E-state index in [0.29, 0.717) is 11.8 Å². The molecule has 2 atom stereocenters. The predicted octanol–water partition coefficient (Wildman–Crippen LogP) is 1.49. The van der Waals surface area contributed by atoms with Crippen molar-refractivity contribution in [2.45, 2.75) is 33.1 Å². The average Bonchev–Trinajstić information content (AvgIpc) is 2.29. The van der Waals surface area contributed by atoms with Gasteiger partial charge in [-0.25, -0.2) is 0 Å². The number of carbonyl (C=O) groups excluding carboxylic acids is 1. The molecule has 2 heterocycles. The molecule has 2 fully saturated rings. The number of carbonyl (C=O) groups is 1. The summed E-state index contributed by atoms with van der Waals surface area (Å²) in [6.45, 7) is 8.42. The van der Waals surface area contributed by atoms with Crippen LogP contribution in [-0.4, -0.2) is 37.0 Å². The van der Waals surface area contributed by atoms with Crippen LogP contribution in [0.2, 0.25) is 0 Å². The quantitative estimate of drug-likeness (QED) is 0.732. The SMILES string of the molecule is CC1CCN(C(=O)C2CNCC(C)C2)CC1. The van der Waals surface area contributed by atoms with Crippen LogP contribution in [0.25, 0.3) is 0 Å². The average molecular weight is 224 g/mol. The van der Waals surface area contributed by atoms with Crippen molar-refractivity contribution in [3.05, 3.63) is 0 Å². The monoisotopic (exact) mass is 224 g/mol. The lowest BCUT2D eigenvalue weighted by Crippen LogP contribution is -2.47. The maximum Gasteiger partial charge on any atom is 0.226 e. The van der Waals surface area contributed by atoms with Crippen molar-refractivity contribution >= 4 is 5.91 Å². The van der Waals surface area contributed by atoms with Crippen molar-refractivity contribution in [2.24, 2.45) is 17.8 Å². The lowest BCUT2D eigenvalue weighted by atomic mass is 9.89. The van der Waals surface area contributed by atoms with Gasteiger partial charge in [0.05, 0.1) is 5.92 Å². The number of nitrogens with one attached hydrogen (secondary N) is 1. The second-order valence-electron chi connectivity index (χ2n) is 5.70. The van der Waals surface area contributed by atoms with Gasteiger partial charge >= 0.3 is 0 Å². The summed E-state index contributed by atoms with van der Waals surface area (Å²) in [7, 11) is 0. The van der Waals surface area contributed by atoms with Crippen molar-refractivity contribution in [3.8, 4) is 0 Å². The second-order valence-corrected chi connectivity index (χ2v) is 5.70. The molecule has 16 heavy (non-hydrogen) atoms. The zero-order chi connectivity index (χ0) is 11.5. The molecule has 3 nitrogen and oxygen atoms in total. The minimum atomic E-state index is 0.233. The van der Waals surface area contributed by atoms with Crippen LogP contribution in [0.3, 0.4) is 0 Å². The number of amides is 1. The van der Waals surface area contributed by atoms with Crippen LogP contribution in [-0.2, 0) is 4.79 Å². The van der Waals surface area contributed by atoms with Crippen molar-refractivity contribution in [2.75, 3.05) is 26.2 Å². The Balaban J connectivity index is 1.86. The Labute approximate surface area is 98.6 Å². The van der Waals surface area contributed by atoms with E-state index < -0.39 is 0 Å². The summed E-state index contributed by atoms with van der Waals surface area (Å²) in [5.74, 6) is 2.07. The summed E-state index contributed by atoms with van der Waals surface area (Å²) in [6.07, 6.45) is 3.43. The summed E-state index contributed by atoms with van der Waals surface area (Å²) >= 11 is 0. The minimum absolute atomic E-state index is 0.233. The van der Waals surface area contributed by atoms with Crippen molar-refractivity contribution < 1.29 is 4.79 Å². The molecule has 0 radical (unpaired) electrons. The third-order valence-electron chi connectivity index (χ3n) is 4.01. The molecule has 92 valence electrons. The van der Waals surface area contributed by atoms with Crippen molar-refractivity contribution in [1.29, 1.82) is 0 Å². The molecule has 0 aromatic carbocycles. The molecule has 2 aliphatic heterocycles. The minimum Gasteiger partial charge on any atom is -0.342 e. The normalized spacial score (nSPS) is 32.8. The van der Waals surface area contributed by atoms with E-state index in [4.69, 9.17) is 0 Å². The number of piperidine rings is 2. The molecule has 1 amide bonds. The summed E-state index contributed by atoms with van der Waals surface area (Å²) in [5.41, 5.74) is 0. The van der Waals surface area contributed by atoms with E-state index in [9.17, 15) is 4.79 Å². The summed E-state index contributed by atoms with van der Waals surface area (Å²) in [6, 6.07) is 0. The van der Waals surface area contributed by atoms with Crippen LogP contribution in [0.4, 0.5) is 0 Å². The Hall–Kier alpha value is -0.570. The van der Waals surface area contributed by atoms with Crippen molar-refractivity contribution in [1.82, 2.24) is 10.2 Å². The first-order valence-electron chi connectivity index (χ1n) is 6.66. The smallest absolute Gasteiger partial charge is 0.226 e. The van der Waals surface area contributed by atoms with E-state index in [1.807, 2.05) is 0 Å². The van der Waals surface area contributed by atoms with Gasteiger partial charge in [0, 0.05) is 19.6 Å². The highest BCUT2D eigenvalue weighted by Crippen LogP contribution is 2.22. The largest absolute Gasteiger partial charge is 0.342 e. The summed E-state index contributed by atoms with van der Waals surface area (Å²) in [5, 5.41) is 3.37. The van der Waals surface area contributed by atoms with E-state index >= 15 is 0 Å². The van der Waals surface area contributed by atoms with Crippen LogP contribution >= 0.6 is 0 Å². The number of nitrogens with zero attached hydrogens (tertiary/aromatic N) is 1. The highest BCUT2D eigenvalue weighted by molar-refractivity contribution is 5.79. The van der Waals surface area contributed by atoms with Gasteiger partial charge in [0.25, 0.3) is 0 Å². The zero-order valence-electron chi connectivity index (χ0n) is 10.5. The molecule has 2 rings (SSSR count). The molecule has 2 unspecified atom stereocenters. The van der Waals surface area contributed by atoms with Gasteiger partial charge in [0.1, 0.15) is 0 Å². The van der Waals surface area contributed by atoms with Gasteiger partial charge in [0.2, 0.25) is 5.91 Å². The summed E-state index contributed by atoms with van der Waals surface area (Å²) in [4.78, 5) is 14.4. The Morgan fingerprint density at radius 1 is 1.12 bits per heavy atom. The Morgan fingerprint density at radius 2 is 1.81 bits per heavy atom. The molecule has 0 aromatic heterocycles. The fourth-order valence-corrected chi connectivity index (χ4v) is 2.83. The lowest BCUT2D eigenvalue weighted by Gasteiger charge is -2.35. The Morgan fingerprint density at radius 3 is 2.44 bits per heavy atom. The molecule has 0 spiro atoms. The van der Waals surface area contributed by atoms with Gasteiger partial charge in [-0.15, -0.1) is 0 Å². The Bertz CT molecular complexity index is 246. The zero-order valence-corrected chi connectivity index (χ0v) is 10.5. The van der Waals surface area contributed by atoms with Gasteiger partial charge in [-0.3, -0.25) is 4.79 Å². The molecule has 3 heteroatoms. The van der Waals surface area contributed by atoms with E-state index in [2.05, 4.69) is 24.1 Å². The number of hydrogen-bond acceptors (Lipinski definition) is 2. The van der Waals surface area contributed by atoms with Gasteiger partial charge in [0.15, 0.2) is 0 Å². The fraction of sp³-hybridized carbons (Fsp3) is 0.923. The van der Waals surface area contributed by atoms with E-state index in [1.165, 1.54) is 12.8 Å². The summed E-state index contributed by atoms with van der Waals surface area (Å²) < 4.78 is 0. The number of hydrogen-bond donors (Lipinski definition) is 1. The predicted molar refractivity (Wildman–Crippen MR) is 65.1 cm³/mol. The highest BCUT2D eigenvalue weighted by Gasteiger charge is 2.30. The number of likely N-dealkylation sites (tertiary alicyclic amines) is 1. The molecule has 0 saturated carbocycles. The van der Waals surface area contributed by atoms with Gasteiger partial charge < -0.3 is 10.2 Å². The second kappa shape index (κ2) is 5.17. The molecular weight excluding hydrogens is 200 g/mol. The topological polar surface area (TPSA) is 32.3 Å². The Kier molecular flexibility index (Phi) is 3.85. The van der Waals surface area contributed by atoms with E-state index in [0.717, 1.165) is 38.5 Å². The van der Waals surface area contributed by atoms with Gasteiger partial charge in [-0.2, -0.15) is 0 Å². The molecule has 0 aromatic rings. The molecule has 2 aliphatic rings. The van der Waals surface area contributed by atoms with Crippen LogP contribution in [0, 0.1) is 17.8 Å². The highest BCUT2D eigenvalue weighted by atomic mass is 16.2. The van der Waals surface area contributed by atoms with Crippen LogP contribution < -0.4 is 5.32 Å². The van der Waals surface area contributed by atoms with E-state index in [1.54, 1.807) is 0 Å². The van der Waals surface area contributed by atoms with Crippen LogP contribution in [0.1, 0.15) is 33.1 Å². The van der Waals surface area contributed by atoms with Crippen molar-refractivity contribution in [3.63, 3.8) is 0 Å². The maximum atomic E-state index is 12.3. The van der Waals surface area contributed by atoms with Crippen LogP contribution in [0.15, 0.2) is 0 Å². The van der Waals surface area contributed by atoms with Gasteiger partial charge in [-0.05, 0) is 37.6 Å². The molecule has 1 N–H and O–H groups in total. The van der Waals surface area contributed by atoms with E-state index in [-0.39, 0.29) is 5.92 Å². The lowest BCUT2D eigenvalue weighted by molar-refractivity contribution is -0.137. The maximum absolute atomic E-state index is 12.3. The standard InChI is InChI=1S/C13H24N2O/c1-10-3-5-15(6-4-10)13(16)12-7-11(2)8-14-9-12/h10-12,14H,3-9H2,1-2H3. The first-order valence-corrected chi connectivity index (χ1v) is 6.66. The molecule has 0 aliphatic carbocycles. The molecule has 0 bridgehead atoms. The number of rotatable bonds is 1. The third-order valence-corrected chi connectivity index (χ3v) is 4.01. The molecular formula is C13H24N2O. The van der Waals surface area contributed by atoms with Crippen LogP contribution in [0.5, 0.6) is 0 Å². The first kappa shape index (κ1) is 11.9.